The van der Waals surface area contributed by atoms with Crippen molar-refractivity contribution < 1.29 is 4.79 Å². The van der Waals surface area contributed by atoms with Gasteiger partial charge < -0.3 is 9.80 Å². The van der Waals surface area contributed by atoms with Crippen LogP contribution in [0.5, 0.6) is 0 Å². The first-order valence-corrected chi connectivity index (χ1v) is 10.6. The zero-order chi connectivity index (χ0) is 19.2. The first-order valence-electron chi connectivity index (χ1n) is 10.6. The van der Waals surface area contributed by atoms with Crippen molar-refractivity contribution >= 4 is 11.6 Å². The van der Waals surface area contributed by atoms with Gasteiger partial charge in [0.15, 0.2) is 0 Å². The van der Waals surface area contributed by atoms with Gasteiger partial charge in [-0.3, -0.25) is 14.8 Å². The molecule has 0 unspecified atom stereocenters. The van der Waals surface area contributed by atoms with Crippen LogP contribution in [0.4, 0.5) is 5.69 Å². The molecule has 5 heteroatoms. The van der Waals surface area contributed by atoms with E-state index in [2.05, 4.69) is 50.1 Å². The van der Waals surface area contributed by atoms with E-state index in [1.807, 2.05) is 6.20 Å². The predicted molar refractivity (Wildman–Crippen MR) is 111 cm³/mol. The molecule has 0 spiro atoms. The van der Waals surface area contributed by atoms with Gasteiger partial charge in [-0.05, 0) is 37.3 Å². The van der Waals surface area contributed by atoms with Crippen LogP contribution in [0.15, 0.2) is 48.9 Å². The summed E-state index contributed by atoms with van der Waals surface area (Å²) >= 11 is 0. The zero-order valence-corrected chi connectivity index (χ0v) is 16.5. The average molecular weight is 379 g/mol. The monoisotopic (exact) mass is 378 g/mol. The maximum absolute atomic E-state index is 13.2. The number of hydrogen-bond acceptors (Lipinski definition) is 4. The van der Waals surface area contributed by atoms with Crippen LogP contribution in [0.3, 0.4) is 0 Å². The molecule has 0 N–H and O–H groups in total. The number of carbonyl (C=O) groups is 1. The molecule has 1 aromatic heterocycles. The van der Waals surface area contributed by atoms with Gasteiger partial charge in [0.25, 0.3) is 0 Å². The highest BCUT2D eigenvalue weighted by molar-refractivity contribution is 5.79. The van der Waals surface area contributed by atoms with Crippen molar-refractivity contribution in [3.05, 3.63) is 54.6 Å². The van der Waals surface area contributed by atoms with E-state index in [0.29, 0.717) is 11.8 Å². The molecule has 0 radical (unpaired) electrons. The maximum atomic E-state index is 13.2. The molecule has 2 fully saturated rings. The maximum Gasteiger partial charge on any atom is 0.225 e. The van der Waals surface area contributed by atoms with E-state index in [9.17, 15) is 4.79 Å². The molecule has 4 rings (SSSR count). The molecule has 5 nitrogen and oxygen atoms in total. The van der Waals surface area contributed by atoms with Gasteiger partial charge in [-0.15, -0.1) is 0 Å². The van der Waals surface area contributed by atoms with Crippen molar-refractivity contribution in [1.29, 1.82) is 0 Å². The molecule has 1 aromatic carbocycles. The number of nitrogens with zero attached hydrogens (tertiary/aromatic N) is 4. The van der Waals surface area contributed by atoms with Crippen LogP contribution in [0, 0.1) is 11.8 Å². The fourth-order valence-electron chi connectivity index (χ4n) is 4.65. The molecular weight excluding hydrogens is 348 g/mol. The molecule has 1 aliphatic carbocycles. The topological polar surface area (TPSA) is 49.3 Å². The van der Waals surface area contributed by atoms with Crippen molar-refractivity contribution in [3.63, 3.8) is 0 Å². The number of carbonyl (C=O) groups excluding carboxylic acids is 1. The number of hydrogen-bond donors (Lipinski definition) is 0. The highest BCUT2D eigenvalue weighted by atomic mass is 16.2. The van der Waals surface area contributed by atoms with Crippen LogP contribution >= 0.6 is 0 Å². The molecule has 2 aromatic rings. The second-order valence-electron chi connectivity index (χ2n) is 8.17. The number of benzene rings is 1. The molecule has 1 saturated carbocycles. The molecule has 1 atom stereocenters. The zero-order valence-electron chi connectivity index (χ0n) is 16.5. The highest BCUT2D eigenvalue weighted by Gasteiger charge is 2.31. The summed E-state index contributed by atoms with van der Waals surface area (Å²) in [5.74, 6) is 0.958. The molecule has 1 saturated heterocycles. The Morgan fingerprint density at radius 2 is 1.82 bits per heavy atom. The average Bonchev–Trinajstić information content (AvgIpc) is 2.98. The summed E-state index contributed by atoms with van der Waals surface area (Å²) in [4.78, 5) is 26.5. The lowest BCUT2D eigenvalue weighted by Gasteiger charge is -2.29. The Bertz CT molecular complexity index is 746. The first-order chi connectivity index (χ1) is 13.8. The third-order valence-corrected chi connectivity index (χ3v) is 6.10. The van der Waals surface area contributed by atoms with Gasteiger partial charge in [-0.1, -0.05) is 37.5 Å². The van der Waals surface area contributed by atoms with E-state index >= 15 is 0 Å². The summed E-state index contributed by atoms with van der Waals surface area (Å²) in [5, 5.41) is 0. The smallest absolute Gasteiger partial charge is 0.225 e. The Morgan fingerprint density at radius 1 is 1.00 bits per heavy atom. The van der Waals surface area contributed by atoms with Gasteiger partial charge in [0.1, 0.15) is 0 Å². The second-order valence-corrected chi connectivity index (χ2v) is 8.17. The number of para-hydroxylation sites is 1. The Morgan fingerprint density at radius 3 is 2.57 bits per heavy atom. The van der Waals surface area contributed by atoms with Gasteiger partial charge in [0.2, 0.25) is 5.91 Å². The summed E-state index contributed by atoms with van der Waals surface area (Å²) in [6, 6.07) is 10.6. The van der Waals surface area contributed by atoms with Crippen LogP contribution < -0.4 is 4.90 Å². The van der Waals surface area contributed by atoms with E-state index in [0.717, 1.165) is 51.1 Å². The minimum Gasteiger partial charge on any atom is -0.369 e. The molecule has 2 heterocycles. The third-order valence-electron chi connectivity index (χ3n) is 6.10. The standard InChI is InChI=1S/C23H30N4O/c28-23(20-7-3-1-4-8-20)27-14-13-26(22-9-5-2-6-10-22)17-19(18-27)15-21-16-24-11-12-25-21/h2,5-6,9-12,16,19-20H,1,3-4,7-8,13-15,17-18H2/t19-/m0/s1. The van der Waals surface area contributed by atoms with Gasteiger partial charge in [0.05, 0.1) is 5.69 Å². The van der Waals surface area contributed by atoms with E-state index < -0.39 is 0 Å². The van der Waals surface area contributed by atoms with Crippen LogP contribution in [-0.2, 0) is 11.2 Å². The number of amides is 1. The van der Waals surface area contributed by atoms with Crippen LogP contribution in [0.1, 0.15) is 37.8 Å². The van der Waals surface area contributed by atoms with Gasteiger partial charge >= 0.3 is 0 Å². The van der Waals surface area contributed by atoms with E-state index in [-0.39, 0.29) is 5.92 Å². The molecular formula is C23H30N4O. The van der Waals surface area contributed by atoms with E-state index in [1.165, 1.54) is 24.9 Å². The normalized spacial score (nSPS) is 21.4. The van der Waals surface area contributed by atoms with Crippen molar-refractivity contribution in [2.45, 2.75) is 38.5 Å². The second kappa shape index (κ2) is 9.18. The number of rotatable bonds is 4. The minimum atomic E-state index is 0.231. The lowest BCUT2D eigenvalue weighted by molar-refractivity contribution is -0.136. The largest absolute Gasteiger partial charge is 0.369 e. The van der Waals surface area contributed by atoms with Gasteiger partial charge in [0, 0.05) is 56.4 Å². The number of aromatic nitrogens is 2. The summed E-state index contributed by atoms with van der Waals surface area (Å²) in [7, 11) is 0. The van der Waals surface area contributed by atoms with Crippen molar-refractivity contribution in [2.24, 2.45) is 11.8 Å². The summed E-state index contributed by atoms with van der Waals surface area (Å²) in [6.45, 7) is 3.45. The van der Waals surface area contributed by atoms with Crippen molar-refractivity contribution in [2.75, 3.05) is 31.1 Å². The molecule has 1 aliphatic heterocycles. The van der Waals surface area contributed by atoms with Crippen LogP contribution in [0.25, 0.3) is 0 Å². The predicted octanol–water partition coefficient (Wildman–Crippen LogP) is 3.56. The van der Waals surface area contributed by atoms with Crippen molar-refractivity contribution in [3.8, 4) is 0 Å². The minimum absolute atomic E-state index is 0.231. The third kappa shape index (κ3) is 4.70. The Labute approximate surface area is 167 Å². The summed E-state index contributed by atoms with van der Waals surface area (Å²) < 4.78 is 0. The fourth-order valence-corrected chi connectivity index (χ4v) is 4.65. The summed E-state index contributed by atoms with van der Waals surface area (Å²) in [5.41, 5.74) is 2.24. The lowest BCUT2D eigenvalue weighted by Crippen LogP contribution is -2.41. The quantitative estimate of drug-likeness (QED) is 0.816. The Hall–Kier alpha value is -2.43. The lowest BCUT2D eigenvalue weighted by atomic mass is 9.88. The van der Waals surface area contributed by atoms with E-state index in [4.69, 9.17) is 0 Å². The van der Waals surface area contributed by atoms with Crippen LogP contribution in [0.2, 0.25) is 0 Å². The first kappa shape index (κ1) is 18.9. The summed E-state index contributed by atoms with van der Waals surface area (Å²) in [6.07, 6.45) is 12.0. The van der Waals surface area contributed by atoms with Gasteiger partial charge in [-0.2, -0.15) is 0 Å². The van der Waals surface area contributed by atoms with E-state index in [1.54, 1.807) is 12.4 Å². The van der Waals surface area contributed by atoms with Crippen molar-refractivity contribution in [1.82, 2.24) is 14.9 Å². The molecule has 28 heavy (non-hydrogen) atoms. The highest BCUT2D eigenvalue weighted by Crippen LogP contribution is 2.27. The van der Waals surface area contributed by atoms with Gasteiger partial charge in [-0.25, -0.2) is 0 Å². The molecule has 2 aliphatic rings. The van der Waals surface area contributed by atoms with Crippen LogP contribution in [-0.4, -0.2) is 47.0 Å². The molecule has 1 amide bonds. The SMILES string of the molecule is O=C(C1CCCCC1)N1CCN(c2ccccc2)C[C@H](Cc2cnccn2)C1. The molecule has 148 valence electrons. The Balaban J connectivity index is 1.52. The number of anilines is 1. The fraction of sp³-hybridized carbons (Fsp3) is 0.522. The molecule has 0 bridgehead atoms. The Kier molecular flexibility index (Phi) is 6.20.